The van der Waals surface area contributed by atoms with Gasteiger partial charge < -0.3 is 4.74 Å². The highest BCUT2D eigenvalue weighted by molar-refractivity contribution is 5.78. The number of fused-ring (bicyclic) bond motifs is 1. The van der Waals surface area contributed by atoms with Gasteiger partial charge in [-0.25, -0.2) is 0 Å². The number of hydrogen-bond acceptors (Lipinski definition) is 3. The molecule has 1 unspecified atom stereocenters. The molecule has 2 heterocycles. The molecule has 1 atom stereocenters. The van der Waals surface area contributed by atoms with Crippen LogP contribution in [0.5, 0.6) is 0 Å². The summed E-state index contributed by atoms with van der Waals surface area (Å²) in [5.41, 5.74) is 3.35. The molecule has 0 bridgehead atoms. The summed E-state index contributed by atoms with van der Waals surface area (Å²) in [5, 5.41) is 1.18. The monoisotopic (exact) mass is 330 g/mol. The minimum atomic E-state index is 0.161. The van der Waals surface area contributed by atoms with Gasteiger partial charge in [-0.1, -0.05) is 66.7 Å². The Morgan fingerprint density at radius 2 is 1.64 bits per heavy atom. The van der Waals surface area contributed by atoms with Gasteiger partial charge in [-0.05, 0) is 17.7 Å². The largest absolute Gasteiger partial charge is 0.379 e. The molecule has 4 rings (SSSR count). The summed E-state index contributed by atoms with van der Waals surface area (Å²) in [6.07, 6.45) is 4.45. The van der Waals surface area contributed by atoms with E-state index < -0.39 is 0 Å². The summed E-state index contributed by atoms with van der Waals surface area (Å²) in [6.45, 7) is 3.42. The standard InChI is InChI=1S/C22H22N2O/c1-2-6-18(7-3-1)10-13-22(24-14-16-25-17-15-24)21-12-11-19-8-4-5-9-20(19)23-21/h1-13,22H,14-17H2/b13-10+. The fraction of sp³-hybridized carbons (Fsp3) is 0.227. The van der Waals surface area contributed by atoms with Crippen LogP contribution in [0.15, 0.2) is 72.8 Å². The van der Waals surface area contributed by atoms with Crippen molar-refractivity contribution in [1.29, 1.82) is 0 Å². The molecule has 3 heteroatoms. The number of pyridine rings is 1. The first-order valence-corrected chi connectivity index (χ1v) is 8.81. The Bertz CT molecular complexity index is 854. The lowest BCUT2D eigenvalue weighted by atomic mass is 10.1. The van der Waals surface area contributed by atoms with Gasteiger partial charge in [0.05, 0.1) is 30.5 Å². The van der Waals surface area contributed by atoms with Gasteiger partial charge in [-0.3, -0.25) is 9.88 Å². The average Bonchev–Trinajstić information content (AvgIpc) is 2.70. The van der Waals surface area contributed by atoms with Gasteiger partial charge in [-0.2, -0.15) is 0 Å². The van der Waals surface area contributed by atoms with Gasteiger partial charge in [0.1, 0.15) is 0 Å². The van der Waals surface area contributed by atoms with Gasteiger partial charge in [0, 0.05) is 18.5 Å². The molecule has 0 saturated carbocycles. The van der Waals surface area contributed by atoms with Crippen LogP contribution in [0.4, 0.5) is 0 Å². The lowest BCUT2D eigenvalue weighted by Crippen LogP contribution is -2.38. The van der Waals surface area contributed by atoms with Crippen LogP contribution in [0.2, 0.25) is 0 Å². The second-order valence-electron chi connectivity index (χ2n) is 6.29. The van der Waals surface area contributed by atoms with Crippen molar-refractivity contribution in [1.82, 2.24) is 9.88 Å². The second-order valence-corrected chi connectivity index (χ2v) is 6.29. The van der Waals surface area contributed by atoms with Crippen molar-refractivity contribution in [2.45, 2.75) is 6.04 Å². The minimum absolute atomic E-state index is 0.161. The van der Waals surface area contributed by atoms with E-state index in [4.69, 9.17) is 9.72 Å². The first-order valence-electron chi connectivity index (χ1n) is 8.81. The van der Waals surface area contributed by atoms with Crippen molar-refractivity contribution >= 4 is 17.0 Å². The molecule has 0 spiro atoms. The zero-order chi connectivity index (χ0) is 16.9. The molecule has 126 valence electrons. The summed E-state index contributed by atoms with van der Waals surface area (Å²) < 4.78 is 5.53. The van der Waals surface area contributed by atoms with Crippen molar-refractivity contribution in [2.24, 2.45) is 0 Å². The lowest BCUT2D eigenvalue weighted by molar-refractivity contribution is 0.0248. The van der Waals surface area contributed by atoms with E-state index in [9.17, 15) is 0 Å². The van der Waals surface area contributed by atoms with Crippen LogP contribution in [0, 0.1) is 0 Å². The van der Waals surface area contributed by atoms with Crippen LogP contribution in [0.25, 0.3) is 17.0 Å². The lowest BCUT2D eigenvalue weighted by Gasteiger charge is -2.32. The Balaban J connectivity index is 1.69. The summed E-state index contributed by atoms with van der Waals surface area (Å²) in [6, 6.07) is 23.2. The number of ether oxygens (including phenoxy) is 1. The number of rotatable bonds is 4. The minimum Gasteiger partial charge on any atom is -0.379 e. The normalized spacial score (nSPS) is 17.1. The van der Waals surface area contributed by atoms with E-state index in [1.54, 1.807) is 0 Å². The molecule has 3 aromatic rings. The van der Waals surface area contributed by atoms with E-state index in [2.05, 4.69) is 71.6 Å². The zero-order valence-corrected chi connectivity index (χ0v) is 14.2. The van der Waals surface area contributed by atoms with Gasteiger partial charge >= 0.3 is 0 Å². The van der Waals surface area contributed by atoms with E-state index >= 15 is 0 Å². The predicted molar refractivity (Wildman–Crippen MR) is 102 cm³/mol. The molecule has 2 aromatic carbocycles. The highest BCUT2D eigenvalue weighted by atomic mass is 16.5. The second kappa shape index (κ2) is 7.60. The molecule has 1 saturated heterocycles. The fourth-order valence-electron chi connectivity index (χ4n) is 3.28. The third-order valence-electron chi connectivity index (χ3n) is 4.63. The SMILES string of the molecule is C(=C\C(c1ccc2ccccc2n1)N1CCOCC1)/c1ccccc1. The number of benzene rings is 2. The molecule has 0 radical (unpaired) electrons. The number of para-hydroxylation sites is 1. The molecule has 0 amide bonds. The van der Waals surface area contributed by atoms with Crippen LogP contribution >= 0.6 is 0 Å². The van der Waals surface area contributed by atoms with Crippen molar-refractivity contribution in [3.63, 3.8) is 0 Å². The summed E-state index contributed by atoms with van der Waals surface area (Å²) in [5.74, 6) is 0. The van der Waals surface area contributed by atoms with E-state index in [0.717, 1.165) is 37.5 Å². The molecule has 1 aliphatic rings. The van der Waals surface area contributed by atoms with Gasteiger partial charge in [-0.15, -0.1) is 0 Å². The smallest absolute Gasteiger partial charge is 0.0711 e. The van der Waals surface area contributed by atoms with E-state index in [-0.39, 0.29) is 6.04 Å². The Hall–Kier alpha value is -2.49. The average molecular weight is 330 g/mol. The van der Waals surface area contributed by atoms with Crippen molar-refractivity contribution in [3.8, 4) is 0 Å². The molecule has 3 nitrogen and oxygen atoms in total. The Labute approximate surface area is 148 Å². The zero-order valence-electron chi connectivity index (χ0n) is 14.2. The Kier molecular flexibility index (Phi) is 4.86. The highest BCUT2D eigenvalue weighted by Crippen LogP contribution is 2.25. The third-order valence-corrected chi connectivity index (χ3v) is 4.63. The van der Waals surface area contributed by atoms with Crippen molar-refractivity contribution in [3.05, 3.63) is 84.1 Å². The molecule has 1 fully saturated rings. The molecular weight excluding hydrogens is 308 g/mol. The maximum atomic E-state index is 5.53. The molecule has 0 aliphatic carbocycles. The summed E-state index contributed by atoms with van der Waals surface area (Å²) in [7, 11) is 0. The van der Waals surface area contributed by atoms with Gasteiger partial charge in [0.2, 0.25) is 0 Å². The quantitative estimate of drug-likeness (QED) is 0.712. The topological polar surface area (TPSA) is 25.4 Å². The van der Waals surface area contributed by atoms with Crippen LogP contribution in [-0.2, 0) is 4.74 Å². The highest BCUT2D eigenvalue weighted by Gasteiger charge is 2.21. The number of aromatic nitrogens is 1. The number of hydrogen-bond donors (Lipinski definition) is 0. The van der Waals surface area contributed by atoms with Crippen LogP contribution in [0.3, 0.4) is 0 Å². The van der Waals surface area contributed by atoms with Gasteiger partial charge in [0.25, 0.3) is 0 Å². The van der Waals surface area contributed by atoms with E-state index in [1.807, 2.05) is 12.1 Å². The number of nitrogens with zero attached hydrogens (tertiary/aromatic N) is 2. The van der Waals surface area contributed by atoms with Crippen LogP contribution < -0.4 is 0 Å². The van der Waals surface area contributed by atoms with Crippen molar-refractivity contribution < 1.29 is 4.74 Å². The van der Waals surface area contributed by atoms with Crippen molar-refractivity contribution in [2.75, 3.05) is 26.3 Å². The fourth-order valence-corrected chi connectivity index (χ4v) is 3.28. The van der Waals surface area contributed by atoms with E-state index in [0.29, 0.717) is 0 Å². The van der Waals surface area contributed by atoms with Gasteiger partial charge in [0.15, 0.2) is 0 Å². The molecule has 0 N–H and O–H groups in total. The first kappa shape index (κ1) is 16.0. The molecule has 1 aliphatic heterocycles. The maximum absolute atomic E-state index is 5.53. The van der Waals surface area contributed by atoms with Crippen LogP contribution in [-0.4, -0.2) is 36.2 Å². The first-order chi connectivity index (χ1) is 12.4. The van der Waals surface area contributed by atoms with Crippen LogP contribution in [0.1, 0.15) is 17.3 Å². The summed E-state index contributed by atoms with van der Waals surface area (Å²) >= 11 is 0. The number of morpholine rings is 1. The summed E-state index contributed by atoms with van der Waals surface area (Å²) in [4.78, 5) is 7.37. The Morgan fingerprint density at radius 3 is 2.48 bits per heavy atom. The third kappa shape index (κ3) is 3.78. The Morgan fingerprint density at radius 1 is 0.880 bits per heavy atom. The predicted octanol–water partition coefficient (Wildman–Crippen LogP) is 4.32. The molecular formula is C22H22N2O. The molecule has 1 aromatic heterocycles. The molecule has 25 heavy (non-hydrogen) atoms. The maximum Gasteiger partial charge on any atom is 0.0711 e. The van der Waals surface area contributed by atoms with E-state index in [1.165, 1.54) is 10.9 Å².